The van der Waals surface area contributed by atoms with Crippen LogP contribution in [0.1, 0.15) is 5.56 Å². The molecule has 24 heavy (non-hydrogen) atoms. The molecule has 0 spiro atoms. The summed E-state index contributed by atoms with van der Waals surface area (Å²) in [6.07, 6.45) is 0. The fourth-order valence-electron chi connectivity index (χ4n) is 2.73. The lowest BCUT2D eigenvalue weighted by molar-refractivity contribution is 0.443. The van der Waals surface area contributed by atoms with Gasteiger partial charge in [-0.3, -0.25) is 5.10 Å². The second kappa shape index (κ2) is 5.81. The maximum Gasteiger partial charge on any atom is 0.165 e. The average molecular weight is 318 g/mol. The Morgan fingerprint density at radius 2 is 1.83 bits per heavy atom. The van der Waals surface area contributed by atoms with Gasteiger partial charge in [-0.05, 0) is 37.3 Å². The molecule has 0 aliphatic rings. The van der Waals surface area contributed by atoms with Crippen LogP contribution in [0.4, 0.5) is 4.39 Å². The number of para-hydroxylation sites is 1. The summed E-state index contributed by atoms with van der Waals surface area (Å²) in [6.45, 7) is 2.05. The van der Waals surface area contributed by atoms with Crippen molar-refractivity contribution >= 4 is 10.9 Å². The molecule has 0 atom stereocenters. The summed E-state index contributed by atoms with van der Waals surface area (Å²) in [5, 5.41) is 8.44. The van der Waals surface area contributed by atoms with Crippen molar-refractivity contribution in [2.24, 2.45) is 0 Å². The molecule has 0 amide bonds. The summed E-state index contributed by atoms with van der Waals surface area (Å²) in [5.41, 5.74) is 3.98. The van der Waals surface area contributed by atoms with Crippen LogP contribution in [-0.2, 0) is 0 Å². The Balaban J connectivity index is 1.72. The summed E-state index contributed by atoms with van der Waals surface area (Å²) < 4.78 is 19.3. The molecule has 4 heteroatoms. The molecule has 0 radical (unpaired) electrons. The van der Waals surface area contributed by atoms with E-state index in [4.69, 9.17) is 4.74 Å². The minimum Gasteiger partial charge on any atom is -0.454 e. The molecule has 0 fully saturated rings. The number of rotatable bonds is 3. The van der Waals surface area contributed by atoms with Gasteiger partial charge in [0.05, 0.1) is 11.2 Å². The maximum absolute atomic E-state index is 13.7. The largest absolute Gasteiger partial charge is 0.454 e. The fraction of sp³-hybridized carbons (Fsp3) is 0.0500. The number of fused-ring (bicyclic) bond motifs is 1. The van der Waals surface area contributed by atoms with Gasteiger partial charge in [0.15, 0.2) is 11.6 Å². The summed E-state index contributed by atoms with van der Waals surface area (Å²) >= 11 is 0. The van der Waals surface area contributed by atoms with Gasteiger partial charge in [-0.15, -0.1) is 0 Å². The van der Waals surface area contributed by atoms with Gasteiger partial charge in [-0.1, -0.05) is 35.9 Å². The fourth-order valence-corrected chi connectivity index (χ4v) is 2.73. The molecule has 3 nitrogen and oxygen atoms in total. The second-order valence-electron chi connectivity index (χ2n) is 5.68. The standard InChI is InChI=1S/C20H15FN2O/c1-13-5-4-6-14(11-13)20-16-10-9-15(12-18(16)22-23-20)24-19-8-3-2-7-17(19)21/h2-12H,1H3,(H,22,23). The monoisotopic (exact) mass is 318 g/mol. The van der Waals surface area contributed by atoms with Gasteiger partial charge in [0.25, 0.3) is 0 Å². The van der Waals surface area contributed by atoms with Crippen molar-refractivity contribution in [2.75, 3.05) is 0 Å². The molecule has 3 aromatic carbocycles. The van der Waals surface area contributed by atoms with E-state index < -0.39 is 0 Å². The minimum atomic E-state index is -0.386. The Bertz CT molecular complexity index is 1020. The number of aromatic amines is 1. The molecule has 0 aliphatic heterocycles. The van der Waals surface area contributed by atoms with Crippen LogP contribution in [0, 0.1) is 12.7 Å². The normalized spacial score (nSPS) is 10.9. The van der Waals surface area contributed by atoms with Gasteiger partial charge >= 0.3 is 0 Å². The lowest BCUT2D eigenvalue weighted by atomic mass is 10.1. The van der Waals surface area contributed by atoms with Crippen LogP contribution < -0.4 is 4.74 Å². The predicted octanol–water partition coefficient (Wildman–Crippen LogP) is 5.47. The van der Waals surface area contributed by atoms with Crippen LogP contribution in [0.3, 0.4) is 0 Å². The Morgan fingerprint density at radius 1 is 0.958 bits per heavy atom. The third-order valence-corrected chi connectivity index (χ3v) is 3.89. The van der Waals surface area contributed by atoms with Crippen molar-refractivity contribution in [2.45, 2.75) is 6.92 Å². The molecule has 0 unspecified atom stereocenters. The van der Waals surface area contributed by atoms with Crippen LogP contribution in [0.5, 0.6) is 11.5 Å². The topological polar surface area (TPSA) is 37.9 Å². The number of aromatic nitrogens is 2. The van der Waals surface area contributed by atoms with E-state index in [1.807, 2.05) is 30.3 Å². The molecule has 0 saturated carbocycles. The highest BCUT2D eigenvalue weighted by atomic mass is 19.1. The van der Waals surface area contributed by atoms with Crippen molar-refractivity contribution in [3.8, 4) is 22.8 Å². The van der Waals surface area contributed by atoms with Crippen molar-refractivity contribution in [1.82, 2.24) is 10.2 Å². The van der Waals surface area contributed by atoms with Gasteiger partial charge in [-0.25, -0.2) is 4.39 Å². The Morgan fingerprint density at radius 3 is 2.67 bits per heavy atom. The summed E-state index contributed by atoms with van der Waals surface area (Å²) in [7, 11) is 0. The van der Waals surface area contributed by atoms with E-state index in [1.54, 1.807) is 18.2 Å². The number of nitrogens with zero attached hydrogens (tertiary/aromatic N) is 1. The second-order valence-corrected chi connectivity index (χ2v) is 5.68. The number of H-pyrrole nitrogens is 1. The van der Waals surface area contributed by atoms with E-state index in [9.17, 15) is 4.39 Å². The Hall–Kier alpha value is -3.14. The van der Waals surface area contributed by atoms with E-state index >= 15 is 0 Å². The zero-order valence-electron chi connectivity index (χ0n) is 13.1. The number of hydrogen-bond acceptors (Lipinski definition) is 2. The van der Waals surface area contributed by atoms with Crippen LogP contribution in [-0.4, -0.2) is 10.2 Å². The number of ether oxygens (including phenoxy) is 1. The Labute approximate surface area is 138 Å². The number of nitrogens with one attached hydrogen (secondary N) is 1. The van der Waals surface area contributed by atoms with Crippen molar-refractivity contribution in [3.05, 3.63) is 78.1 Å². The van der Waals surface area contributed by atoms with Gasteiger partial charge in [0.1, 0.15) is 5.75 Å². The van der Waals surface area contributed by atoms with E-state index in [1.165, 1.54) is 11.6 Å². The third-order valence-electron chi connectivity index (χ3n) is 3.89. The lowest BCUT2D eigenvalue weighted by Gasteiger charge is -2.06. The number of benzene rings is 3. The lowest BCUT2D eigenvalue weighted by Crippen LogP contribution is -1.87. The molecule has 0 bridgehead atoms. The van der Waals surface area contributed by atoms with Crippen LogP contribution in [0.25, 0.3) is 22.2 Å². The van der Waals surface area contributed by atoms with Crippen molar-refractivity contribution in [3.63, 3.8) is 0 Å². The van der Waals surface area contributed by atoms with Gasteiger partial charge in [0, 0.05) is 17.0 Å². The quantitative estimate of drug-likeness (QED) is 0.544. The first-order chi connectivity index (χ1) is 11.7. The summed E-state index contributed by atoms with van der Waals surface area (Å²) in [5.74, 6) is 0.380. The molecular formula is C20H15FN2O. The number of aryl methyl sites for hydroxylation is 1. The van der Waals surface area contributed by atoms with Crippen molar-refractivity contribution in [1.29, 1.82) is 0 Å². The highest BCUT2D eigenvalue weighted by molar-refractivity contribution is 5.93. The van der Waals surface area contributed by atoms with Crippen LogP contribution in [0.2, 0.25) is 0 Å². The Kier molecular flexibility index (Phi) is 3.50. The summed E-state index contributed by atoms with van der Waals surface area (Å²) in [6, 6.07) is 20.1. The van der Waals surface area contributed by atoms with E-state index in [0.29, 0.717) is 5.75 Å². The number of hydrogen-bond donors (Lipinski definition) is 1. The average Bonchev–Trinajstić information content (AvgIpc) is 3.00. The SMILES string of the molecule is Cc1cccc(-c2n[nH]c3cc(Oc4ccccc4F)ccc23)c1. The van der Waals surface area contributed by atoms with Crippen LogP contribution in [0.15, 0.2) is 66.7 Å². The molecular weight excluding hydrogens is 303 g/mol. The van der Waals surface area contributed by atoms with Gasteiger partial charge in [0.2, 0.25) is 0 Å². The van der Waals surface area contributed by atoms with Gasteiger partial charge in [-0.2, -0.15) is 5.10 Å². The first-order valence-corrected chi connectivity index (χ1v) is 7.68. The molecule has 4 rings (SSSR count). The van der Waals surface area contributed by atoms with E-state index in [-0.39, 0.29) is 11.6 Å². The molecule has 0 aliphatic carbocycles. The van der Waals surface area contributed by atoms with Crippen LogP contribution >= 0.6 is 0 Å². The smallest absolute Gasteiger partial charge is 0.165 e. The zero-order chi connectivity index (χ0) is 16.5. The zero-order valence-corrected chi connectivity index (χ0v) is 13.1. The van der Waals surface area contributed by atoms with Gasteiger partial charge < -0.3 is 4.74 Å². The minimum absolute atomic E-state index is 0.204. The molecule has 1 N–H and O–H groups in total. The summed E-state index contributed by atoms with van der Waals surface area (Å²) in [4.78, 5) is 0. The molecule has 4 aromatic rings. The maximum atomic E-state index is 13.7. The van der Waals surface area contributed by atoms with E-state index in [2.05, 4.69) is 29.3 Å². The third kappa shape index (κ3) is 2.63. The molecule has 118 valence electrons. The molecule has 1 heterocycles. The van der Waals surface area contributed by atoms with Crippen molar-refractivity contribution < 1.29 is 9.13 Å². The number of halogens is 1. The molecule has 0 saturated heterocycles. The highest BCUT2D eigenvalue weighted by Crippen LogP contribution is 2.31. The highest BCUT2D eigenvalue weighted by Gasteiger charge is 2.10. The first kappa shape index (κ1) is 14.5. The van der Waals surface area contributed by atoms with E-state index in [0.717, 1.165) is 22.2 Å². The predicted molar refractivity (Wildman–Crippen MR) is 92.7 cm³/mol. The molecule has 1 aromatic heterocycles. The first-order valence-electron chi connectivity index (χ1n) is 7.68.